The van der Waals surface area contributed by atoms with E-state index < -0.39 is 18.4 Å². The maximum atomic E-state index is 10.2. The van der Waals surface area contributed by atoms with Crippen molar-refractivity contribution in [3.8, 4) is 0 Å². The van der Waals surface area contributed by atoms with Crippen LogP contribution < -0.4 is 9.27 Å². The zero-order valence-electron chi connectivity index (χ0n) is 13.7. The van der Waals surface area contributed by atoms with Gasteiger partial charge in [0, 0.05) is 18.5 Å². The molecule has 0 amide bonds. The van der Waals surface area contributed by atoms with E-state index >= 15 is 0 Å². The summed E-state index contributed by atoms with van der Waals surface area (Å²) < 4.78 is 2.12. The second-order valence-electron chi connectivity index (χ2n) is 5.48. The minimum absolute atomic E-state index is 0.116. The molecule has 0 atom stereocenters. The van der Waals surface area contributed by atoms with Gasteiger partial charge in [0.25, 0.3) is 5.56 Å². The Balaban J connectivity index is 0.000000185. The number of hydrogen-bond donors (Lipinski definition) is 1. The third-order valence-corrected chi connectivity index (χ3v) is 8.19. The van der Waals surface area contributed by atoms with E-state index in [0.717, 1.165) is 4.60 Å². The SMILES string of the molecule is Brc1ccncn1.O=c1ccnc[nH]1.[CH3][Sn]([CH3])([CH3])[c]1ccncn1. The van der Waals surface area contributed by atoms with Gasteiger partial charge in [0.05, 0.1) is 6.33 Å². The van der Waals surface area contributed by atoms with Gasteiger partial charge in [-0.3, -0.25) is 4.79 Å². The van der Waals surface area contributed by atoms with Gasteiger partial charge in [-0.05, 0) is 22.0 Å². The van der Waals surface area contributed by atoms with Gasteiger partial charge in [-0.15, -0.1) is 0 Å². The Morgan fingerprint density at radius 1 is 0.917 bits per heavy atom. The van der Waals surface area contributed by atoms with Crippen LogP contribution in [-0.2, 0) is 0 Å². The summed E-state index contributed by atoms with van der Waals surface area (Å²) in [6.45, 7) is 0. The number of nitrogens with one attached hydrogen (secondary N) is 1. The zero-order chi connectivity index (χ0) is 17.8. The van der Waals surface area contributed by atoms with Gasteiger partial charge >= 0.3 is 65.5 Å². The Hall–Kier alpha value is -1.68. The van der Waals surface area contributed by atoms with Crippen molar-refractivity contribution in [1.29, 1.82) is 0 Å². The molecule has 3 rings (SSSR count). The van der Waals surface area contributed by atoms with Crippen molar-refractivity contribution < 1.29 is 0 Å². The fourth-order valence-electron chi connectivity index (χ4n) is 1.31. The van der Waals surface area contributed by atoms with Crippen molar-refractivity contribution >= 4 is 38.0 Å². The Morgan fingerprint density at radius 2 is 1.54 bits per heavy atom. The molecule has 0 spiro atoms. The van der Waals surface area contributed by atoms with E-state index in [0.29, 0.717) is 0 Å². The number of aromatic amines is 1. The third-order valence-electron chi connectivity index (χ3n) is 2.49. The summed E-state index contributed by atoms with van der Waals surface area (Å²) in [6, 6.07) is 5.18. The van der Waals surface area contributed by atoms with Crippen LogP contribution in [0.25, 0.3) is 0 Å². The monoisotopic (exact) mass is 498 g/mol. The molecule has 0 saturated carbocycles. The summed E-state index contributed by atoms with van der Waals surface area (Å²) in [5.41, 5.74) is -0.116. The summed E-state index contributed by atoms with van der Waals surface area (Å²) in [7, 11) is 0. The van der Waals surface area contributed by atoms with Crippen LogP contribution in [-0.4, -0.2) is 48.3 Å². The van der Waals surface area contributed by atoms with Crippen molar-refractivity contribution in [2.45, 2.75) is 14.8 Å². The standard InChI is InChI=1S/C4H3BrN2.C4H4N2O.C4H3N2.3CH3.Sn/c5-4-1-2-6-3-7-4;7-4-1-2-5-3-6-4;1-2-5-4-6-3-1;;;;/h1-3H;1-3H,(H,5,6,7);1-2,4H;3*1H3;. The van der Waals surface area contributed by atoms with Crippen LogP contribution in [0, 0.1) is 0 Å². The van der Waals surface area contributed by atoms with E-state index in [1.54, 1.807) is 18.6 Å². The molecule has 0 aromatic carbocycles. The first-order valence-electron chi connectivity index (χ1n) is 7.06. The number of rotatable bonds is 1. The molecule has 7 nitrogen and oxygen atoms in total. The first-order chi connectivity index (χ1) is 11.4. The van der Waals surface area contributed by atoms with Crippen LogP contribution in [0.5, 0.6) is 0 Å². The summed E-state index contributed by atoms with van der Waals surface area (Å²) >= 11 is 1.30. The maximum absolute atomic E-state index is 10.2. The van der Waals surface area contributed by atoms with E-state index in [4.69, 9.17) is 0 Å². The summed E-state index contributed by atoms with van der Waals surface area (Å²) in [4.78, 5) is 38.8. The molecule has 3 heterocycles. The predicted octanol–water partition coefficient (Wildman–Crippen LogP) is 2.03. The Labute approximate surface area is 153 Å². The van der Waals surface area contributed by atoms with Crippen molar-refractivity contribution in [1.82, 2.24) is 29.9 Å². The average molecular weight is 498 g/mol. The molecule has 9 heteroatoms. The number of H-pyrrole nitrogens is 1. The van der Waals surface area contributed by atoms with Crippen molar-refractivity contribution in [3.05, 3.63) is 70.7 Å². The molecule has 3 aromatic heterocycles. The van der Waals surface area contributed by atoms with Crippen LogP contribution in [0.1, 0.15) is 0 Å². The van der Waals surface area contributed by atoms with Crippen LogP contribution in [0.15, 0.2) is 65.2 Å². The van der Waals surface area contributed by atoms with Gasteiger partial charge in [0.1, 0.15) is 10.9 Å². The Kier molecular flexibility index (Phi) is 9.31. The third kappa shape index (κ3) is 9.46. The molecule has 0 aliphatic rings. The van der Waals surface area contributed by atoms with E-state index in [-0.39, 0.29) is 5.56 Å². The fraction of sp³-hybridized carbons (Fsp3) is 0.200. The fourth-order valence-corrected chi connectivity index (χ4v) is 4.43. The van der Waals surface area contributed by atoms with Gasteiger partial charge in [-0.2, -0.15) is 0 Å². The van der Waals surface area contributed by atoms with Gasteiger partial charge < -0.3 is 4.98 Å². The second-order valence-corrected chi connectivity index (χ2v) is 20.6. The van der Waals surface area contributed by atoms with E-state index in [1.165, 1.54) is 28.6 Å². The molecule has 24 heavy (non-hydrogen) atoms. The van der Waals surface area contributed by atoms with Crippen molar-refractivity contribution in [2.24, 2.45) is 0 Å². The van der Waals surface area contributed by atoms with Crippen LogP contribution in [0.4, 0.5) is 0 Å². The number of aromatic nitrogens is 6. The number of halogens is 1. The van der Waals surface area contributed by atoms with E-state index in [1.807, 2.05) is 12.3 Å². The van der Waals surface area contributed by atoms with Crippen LogP contribution >= 0.6 is 15.9 Å². The first-order valence-corrected chi connectivity index (χ1v) is 17.8. The van der Waals surface area contributed by atoms with Crippen LogP contribution in [0.3, 0.4) is 0 Å². The van der Waals surface area contributed by atoms with Gasteiger partial charge in [-0.1, -0.05) is 0 Å². The molecule has 0 aliphatic heterocycles. The van der Waals surface area contributed by atoms with Gasteiger partial charge in [-0.25, -0.2) is 15.0 Å². The molecule has 0 saturated heterocycles. The molecule has 0 radical (unpaired) electrons. The van der Waals surface area contributed by atoms with Crippen molar-refractivity contribution in [3.63, 3.8) is 0 Å². The van der Waals surface area contributed by atoms with Gasteiger partial charge in [0.2, 0.25) is 0 Å². The quantitative estimate of drug-likeness (QED) is 0.408. The number of hydrogen-bond acceptors (Lipinski definition) is 6. The minimum atomic E-state index is -1.86. The summed E-state index contributed by atoms with van der Waals surface area (Å²) in [5.74, 6) is 0. The average Bonchev–Trinajstić information content (AvgIpc) is 2.57. The predicted molar refractivity (Wildman–Crippen MR) is 99.6 cm³/mol. The molecular weight excluding hydrogens is 479 g/mol. The molecule has 0 bridgehead atoms. The van der Waals surface area contributed by atoms with Gasteiger partial charge in [0.15, 0.2) is 0 Å². The van der Waals surface area contributed by atoms with E-state index in [9.17, 15) is 4.79 Å². The van der Waals surface area contributed by atoms with Crippen LogP contribution in [0.2, 0.25) is 14.8 Å². The molecular formula is C15H19BrN6OSn. The normalized spacial score (nSPS) is 9.83. The molecule has 0 aliphatic carbocycles. The number of nitrogens with zero attached hydrogens (tertiary/aromatic N) is 5. The Morgan fingerprint density at radius 3 is 1.79 bits per heavy atom. The Bertz CT molecular complexity index is 731. The van der Waals surface area contributed by atoms with Crippen molar-refractivity contribution in [2.75, 3.05) is 0 Å². The first kappa shape index (κ1) is 20.4. The molecule has 0 fully saturated rings. The molecule has 3 aromatic rings. The van der Waals surface area contributed by atoms with E-state index in [2.05, 4.69) is 60.7 Å². The molecule has 126 valence electrons. The molecule has 0 unspecified atom stereocenters. The molecule has 1 N–H and O–H groups in total. The topological polar surface area (TPSA) is 97.3 Å². The summed E-state index contributed by atoms with van der Waals surface area (Å²) in [5, 5.41) is 0. The summed E-state index contributed by atoms with van der Waals surface area (Å²) in [6.07, 6.45) is 9.42. The zero-order valence-corrected chi connectivity index (χ0v) is 18.2. The second kappa shape index (κ2) is 11.0.